The number of hydrogen-bond acceptors (Lipinski definition) is 5. The second-order valence-electron chi connectivity index (χ2n) is 4.67. The summed E-state index contributed by atoms with van der Waals surface area (Å²) in [4.78, 5) is 32.8. The standard InChI is InChI=1S/C10H16O8/c1-9(2,7(15)16)10(3,8(17)18)5(12)4(11)6(13)14/h4-5,11-12H,1-3H3,(H,13,14)(H,15,16)(H,17,18). The van der Waals surface area contributed by atoms with E-state index in [2.05, 4.69) is 0 Å². The van der Waals surface area contributed by atoms with Crippen molar-refractivity contribution in [2.75, 3.05) is 0 Å². The van der Waals surface area contributed by atoms with E-state index in [0.29, 0.717) is 0 Å². The lowest BCUT2D eigenvalue weighted by Gasteiger charge is -2.41. The molecule has 8 heteroatoms. The number of aliphatic hydroxyl groups excluding tert-OH is 2. The molecule has 18 heavy (non-hydrogen) atoms. The van der Waals surface area contributed by atoms with Crippen LogP contribution in [0.2, 0.25) is 0 Å². The average Bonchev–Trinajstić information content (AvgIpc) is 2.24. The summed E-state index contributed by atoms with van der Waals surface area (Å²) in [6.07, 6.45) is -4.68. The van der Waals surface area contributed by atoms with Crippen molar-refractivity contribution < 1.29 is 39.9 Å². The second-order valence-corrected chi connectivity index (χ2v) is 4.67. The van der Waals surface area contributed by atoms with Crippen LogP contribution in [0.4, 0.5) is 0 Å². The van der Waals surface area contributed by atoms with Gasteiger partial charge < -0.3 is 25.5 Å². The molecule has 3 atom stereocenters. The maximum absolute atomic E-state index is 11.2. The molecule has 0 aromatic carbocycles. The van der Waals surface area contributed by atoms with Crippen LogP contribution in [0.15, 0.2) is 0 Å². The molecule has 104 valence electrons. The fraction of sp³-hybridized carbons (Fsp3) is 0.700. The van der Waals surface area contributed by atoms with E-state index in [1.54, 1.807) is 0 Å². The van der Waals surface area contributed by atoms with Gasteiger partial charge in [0, 0.05) is 0 Å². The minimum atomic E-state index is -2.40. The average molecular weight is 264 g/mol. The van der Waals surface area contributed by atoms with Crippen LogP contribution in [-0.2, 0) is 14.4 Å². The predicted octanol–water partition coefficient (Wildman–Crippen LogP) is -1.01. The van der Waals surface area contributed by atoms with Crippen LogP contribution in [-0.4, -0.2) is 55.6 Å². The molecule has 0 aliphatic heterocycles. The molecule has 0 saturated carbocycles. The lowest BCUT2D eigenvalue weighted by atomic mass is 9.62. The summed E-state index contributed by atoms with van der Waals surface area (Å²) in [7, 11) is 0. The molecule has 0 aromatic heterocycles. The first-order valence-corrected chi connectivity index (χ1v) is 4.96. The molecule has 0 rings (SSSR count). The van der Waals surface area contributed by atoms with E-state index in [1.165, 1.54) is 0 Å². The Kier molecular flexibility index (Phi) is 4.45. The largest absolute Gasteiger partial charge is 0.481 e. The predicted molar refractivity (Wildman–Crippen MR) is 56.8 cm³/mol. The van der Waals surface area contributed by atoms with Gasteiger partial charge in [0.15, 0.2) is 6.10 Å². The van der Waals surface area contributed by atoms with Crippen molar-refractivity contribution in [2.24, 2.45) is 10.8 Å². The molecule has 0 heterocycles. The normalized spacial score (nSPS) is 18.5. The van der Waals surface area contributed by atoms with Crippen molar-refractivity contribution in [2.45, 2.75) is 33.0 Å². The summed E-state index contributed by atoms with van der Waals surface area (Å²) in [5.74, 6) is -5.09. The third-order valence-electron chi connectivity index (χ3n) is 3.42. The van der Waals surface area contributed by atoms with Crippen molar-refractivity contribution in [1.82, 2.24) is 0 Å². The minimum absolute atomic E-state index is 0.875. The van der Waals surface area contributed by atoms with Gasteiger partial charge in [-0.25, -0.2) is 4.79 Å². The lowest BCUT2D eigenvalue weighted by Crippen LogP contribution is -2.59. The van der Waals surface area contributed by atoms with Crippen LogP contribution < -0.4 is 0 Å². The van der Waals surface area contributed by atoms with E-state index in [1.807, 2.05) is 0 Å². The van der Waals surface area contributed by atoms with Gasteiger partial charge in [-0.3, -0.25) is 9.59 Å². The Morgan fingerprint density at radius 2 is 1.28 bits per heavy atom. The Morgan fingerprint density at radius 1 is 0.889 bits per heavy atom. The van der Waals surface area contributed by atoms with E-state index in [4.69, 9.17) is 15.3 Å². The SMILES string of the molecule is CC(C)(C(=O)O)C(C)(C(=O)O)C(O)C(O)C(=O)O. The van der Waals surface area contributed by atoms with Crippen LogP contribution in [0.1, 0.15) is 20.8 Å². The highest BCUT2D eigenvalue weighted by Crippen LogP contribution is 2.43. The fourth-order valence-corrected chi connectivity index (χ4v) is 1.44. The van der Waals surface area contributed by atoms with Crippen molar-refractivity contribution in [3.63, 3.8) is 0 Å². The van der Waals surface area contributed by atoms with Crippen molar-refractivity contribution in [3.8, 4) is 0 Å². The number of aliphatic hydroxyl groups is 2. The highest BCUT2D eigenvalue weighted by molar-refractivity contribution is 5.87. The Hall–Kier alpha value is -1.67. The fourth-order valence-electron chi connectivity index (χ4n) is 1.44. The Balaban J connectivity index is 5.77. The first-order chi connectivity index (χ1) is 7.90. The number of carboxylic acids is 3. The third kappa shape index (κ3) is 2.29. The first-order valence-electron chi connectivity index (χ1n) is 4.96. The molecule has 0 fully saturated rings. The van der Waals surface area contributed by atoms with Crippen LogP contribution in [0.25, 0.3) is 0 Å². The van der Waals surface area contributed by atoms with Gasteiger partial charge in [-0.1, -0.05) is 0 Å². The van der Waals surface area contributed by atoms with Gasteiger partial charge in [-0.2, -0.15) is 0 Å². The van der Waals surface area contributed by atoms with Gasteiger partial charge in [-0.05, 0) is 20.8 Å². The van der Waals surface area contributed by atoms with E-state index in [9.17, 15) is 24.6 Å². The molecule has 0 amide bonds. The summed E-state index contributed by atoms with van der Waals surface area (Å²) < 4.78 is 0. The first kappa shape index (κ1) is 16.3. The molecular weight excluding hydrogens is 248 g/mol. The Bertz CT molecular complexity index is 374. The maximum atomic E-state index is 11.2. The van der Waals surface area contributed by atoms with Crippen LogP contribution in [0, 0.1) is 10.8 Å². The lowest BCUT2D eigenvalue weighted by molar-refractivity contribution is -0.192. The highest BCUT2D eigenvalue weighted by atomic mass is 16.4. The Morgan fingerprint density at radius 3 is 1.50 bits per heavy atom. The molecule has 0 radical (unpaired) electrons. The summed E-state index contributed by atoms with van der Waals surface area (Å²) >= 11 is 0. The van der Waals surface area contributed by atoms with E-state index < -0.39 is 40.9 Å². The number of hydrogen-bond donors (Lipinski definition) is 5. The van der Waals surface area contributed by atoms with E-state index in [0.717, 1.165) is 20.8 Å². The quantitative estimate of drug-likeness (QED) is 0.409. The molecule has 0 aliphatic carbocycles. The minimum Gasteiger partial charge on any atom is -0.481 e. The smallest absolute Gasteiger partial charge is 0.335 e. The summed E-state index contributed by atoms with van der Waals surface area (Å²) in [5.41, 5.74) is -4.37. The van der Waals surface area contributed by atoms with E-state index in [-0.39, 0.29) is 0 Å². The van der Waals surface area contributed by atoms with Gasteiger partial charge in [0.2, 0.25) is 0 Å². The van der Waals surface area contributed by atoms with Gasteiger partial charge in [0.05, 0.1) is 5.41 Å². The van der Waals surface area contributed by atoms with Gasteiger partial charge in [0.1, 0.15) is 11.5 Å². The van der Waals surface area contributed by atoms with Crippen LogP contribution >= 0.6 is 0 Å². The molecule has 0 aromatic rings. The van der Waals surface area contributed by atoms with Crippen molar-refractivity contribution >= 4 is 17.9 Å². The van der Waals surface area contributed by atoms with Crippen molar-refractivity contribution in [3.05, 3.63) is 0 Å². The molecule has 3 unspecified atom stereocenters. The molecule has 0 bridgehead atoms. The molecule has 0 spiro atoms. The zero-order chi connectivity index (χ0) is 14.9. The molecule has 0 saturated heterocycles. The number of carbonyl (C=O) groups is 3. The number of rotatable bonds is 6. The molecule has 0 aliphatic rings. The van der Waals surface area contributed by atoms with E-state index >= 15 is 0 Å². The number of aliphatic carboxylic acids is 3. The number of carboxylic acid groups (broad SMARTS) is 3. The Labute approximate surface area is 102 Å². The van der Waals surface area contributed by atoms with Crippen LogP contribution in [0.3, 0.4) is 0 Å². The zero-order valence-corrected chi connectivity index (χ0v) is 10.1. The molecular formula is C10H16O8. The monoisotopic (exact) mass is 264 g/mol. The summed E-state index contributed by atoms with van der Waals surface area (Å²) in [5, 5.41) is 45.5. The summed E-state index contributed by atoms with van der Waals surface area (Å²) in [6.45, 7) is 2.93. The molecule has 5 N–H and O–H groups in total. The summed E-state index contributed by atoms with van der Waals surface area (Å²) in [6, 6.07) is 0. The topological polar surface area (TPSA) is 152 Å². The van der Waals surface area contributed by atoms with Gasteiger partial charge in [0.25, 0.3) is 0 Å². The van der Waals surface area contributed by atoms with Gasteiger partial charge in [-0.15, -0.1) is 0 Å². The maximum Gasteiger partial charge on any atom is 0.335 e. The third-order valence-corrected chi connectivity index (χ3v) is 3.42. The van der Waals surface area contributed by atoms with Crippen molar-refractivity contribution in [1.29, 1.82) is 0 Å². The molecule has 8 nitrogen and oxygen atoms in total. The highest BCUT2D eigenvalue weighted by Gasteiger charge is 2.59. The van der Waals surface area contributed by atoms with Crippen LogP contribution in [0.5, 0.6) is 0 Å². The van der Waals surface area contributed by atoms with Gasteiger partial charge >= 0.3 is 17.9 Å². The second kappa shape index (κ2) is 4.91. The zero-order valence-electron chi connectivity index (χ0n) is 10.1.